The second-order valence-corrected chi connectivity index (χ2v) is 7.37. The number of hydrogen-bond donors (Lipinski definition) is 1. The highest BCUT2D eigenvalue weighted by Gasteiger charge is 2.38. The Morgan fingerprint density at radius 2 is 2.23 bits per heavy atom. The van der Waals surface area contributed by atoms with Crippen LogP contribution in [0.25, 0.3) is 11.0 Å². The standard InChI is InChI=1S/C22H19F2N5O2/c1-2-3-13-4-5-17-14(10-13)11-18(31-17)20-19-15(25-12-26-19)7-9-28(20)21(30)16-6-8-27-29(16)22(23)24/h2,4-6,8,10-12,20,22H,1,3,7,9H2,(H,25,26)/t20-/m0/s1. The third-order valence-electron chi connectivity index (χ3n) is 5.51. The molecule has 0 unspecified atom stereocenters. The molecule has 158 valence electrons. The van der Waals surface area contributed by atoms with E-state index >= 15 is 0 Å². The van der Waals surface area contributed by atoms with E-state index in [1.165, 1.54) is 17.2 Å². The number of amides is 1. The Kier molecular flexibility index (Phi) is 4.65. The van der Waals surface area contributed by atoms with Crippen molar-refractivity contribution in [2.45, 2.75) is 25.4 Å². The van der Waals surface area contributed by atoms with Gasteiger partial charge in [0.1, 0.15) is 23.1 Å². The molecule has 0 bridgehead atoms. The molecule has 0 radical (unpaired) electrons. The van der Waals surface area contributed by atoms with Gasteiger partial charge in [-0.3, -0.25) is 4.79 Å². The number of H-pyrrole nitrogens is 1. The van der Waals surface area contributed by atoms with Crippen molar-refractivity contribution in [3.05, 3.63) is 83.9 Å². The molecule has 4 aromatic rings. The maximum atomic E-state index is 13.3. The maximum Gasteiger partial charge on any atom is 0.333 e. The van der Waals surface area contributed by atoms with Crippen molar-refractivity contribution >= 4 is 16.9 Å². The minimum Gasteiger partial charge on any atom is -0.458 e. The van der Waals surface area contributed by atoms with Gasteiger partial charge in [0.15, 0.2) is 0 Å². The Bertz CT molecular complexity index is 1270. The highest BCUT2D eigenvalue weighted by molar-refractivity contribution is 5.93. The largest absolute Gasteiger partial charge is 0.458 e. The number of carbonyl (C=O) groups is 1. The Hall–Kier alpha value is -3.75. The number of hydrogen-bond acceptors (Lipinski definition) is 4. The minimum atomic E-state index is -2.91. The van der Waals surface area contributed by atoms with E-state index in [0.29, 0.717) is 34.7 Å². The van der Waals surface area contributed by atoms with Crippen LogP contribution in [0.4, 0.5) is 8.78 Å². The van der Waals surface area contributed by atoms with Gasteiger partial charge in [0.05, 0.1) is 12.0 Å². The average Bonchev–Trinajstić information content (AvgIpc) is 3.50. The number of alkyl halides is 2. The van der Waals surface area contributed by atoms with Gasteiger partial charge in [-0.15, -0.1) is 6.58 Å². The molecule has 9 heteroatoms. The highest BCUT2D eigenvalue weighted by Crippen LogP contribution is 2.37. The van der Waals surface area contributed by atoms with E-state index in [2.05, 4.69) is 21.6 Å². The summed E-state index contributed by atoms with van der Waals surface area (Å²) in [7, 11) is 0. The normalized spacial score (nSPS) is 16.1. The second kappa shape index (κ2) is 7.50. The predicted octanol–water partition coefficient (Wildman–Crippen LogP) is 4.26. The van der Waals surface area contributed by atoms with Crippen LogP contribution in [0.15, 0.2) is 59.9 Å². The molecule has 0 fully saturated rings. The van der Waals surface area contributed by atoms with Crippen LogP contribution < -0.4 is 0 Å². The van der Waals surface area contributed by atoms with Crippen LogP contribution in [0.1, 0.15) is 45.8 Å². The maximum absolute atomic E-state index is 13.3. The number of allylic oxidation sites excluding steroid dienone is 1. The number of benzene rings is 1. The van der Waals surface area contributed by atoms with Gasteiger partial charge in [0, 0.05) is 30.2 Å². The summed E-state index contributed by atoms with van der Waals surface area (Å²) in [5.41, 5.74) is 3.13. The molecule has 7 nitrogen and oxygen atoms in total. The van der Waals surface area contributed by atoms with E-state index in [0.717, 1.165) is 23.1 Å². The number of halogens is 2. The number of rotatable bonds is 5. The second-order valence-electron chi connectivity index (χ2n) is 7.37. The molecule has 1 aliphatic heterocycles. The predicted molar refractivity (Wildman–Crippen MR) is 109 cm³/mol. The first-order valence-corrected chi connectivity index (χ1v) is 9.85. The number of nitrogens with one attached hydrogen (secondary N) is 1. The molecule has 4 heterocycles. The lowest BCUT2D eigenvalue weighted by atomic mass is 9.99. The molecule has 5 rings (SSSR count). The van der Waals surface area contributed by atoms with Crippen LogP contribution in [-0.4, -0.2) is 37.1 Å². The first-order chi connectivity index (χ1) is 15.1. The van der Waals surface area contributed by atoms with E-state index in [4.69, 9.17) is 4.42 Å². The van der Waals surface area contributed by atoms with Crippen LogP contribution in [0, 0.1) is 0 Å². The number of aromatic nitrogens is 4. The minimum absolute atomic E-state index is 0.177. The zero-order valence-corrected chi connectivity index (χ0v) is 16.5. The quantitative estimate of drug-likeness (QED) is 0.487. The zero-order valence-electron chi connectivity index (χ0n) is 16.5. The number of furan rings is 1. The van der Waals surface area contributed by atoms with E-state index in [-0.39, 0.29) is 5.69 Å². The summed E-state index contributed by atoms with van der Waals surface area (Å²) in [6.07, 6.45) is 5.85. The fourth-order valence-electron chi connectivity index (χ4n) is 4.11. The monoisotopic (exact) mass is 423 g/mol. The summed E-state index contributed by atoms with van der Waals surface area (Å²) in [5.74, 6) is -0.0282. The van der Waals surface area contributed by atoms with Crippen LogP contribution in [-0.2, 0) is 12.8 Å². The number of aromatic amines is 1. The Labute approximate surface area is 176 Å². The van der Waals surface area contributed by atoms with Crippen molar-refractivity contribution in [3.8, 4) is 0 Å². The number of imidazole rings is 1. The third-order valence-corrected chi connectivity index (χ3v) is 5.51. The molecule has 1 atom stereocenters. The highest BCUT2D eigenvalue weighted by atomic mass is 19.3. The Morgan fingerprint density at radius 3 is 3.03 bits per heavy atom. The van der Waals surface area contributed by atoms with Crippen LogP contribution in [0.3, 0.4) is 0 Å². The van der Waals surface area contributed by atoms with Crippen molar-refractivity contribution < 1.29 is 18.0 Å². The third kappa shape index (κ3) is 3.22. The summed E-state index contributed by atoms with van der Waals surface area (Å²) < 4.78 is 33.2. The smallest absolute Gasteiger partial charge is 0.333 e. The van der Waals surface area contributed by atoms with Gasteiger partial charge in [-0.25, -0.2) is 4.98 Å². The topological polar surface area (TPSA) is 80.0 Å². The van der Waals surface area contributed by atoms with Gasteiger partial charge in [-0.2, -0.15) is 18.6 Å². The van der Waals surface area contributed by atoms with Crippen molar-refractivity contribution in [3.63, 3.8) is 0 Å². The SMILES string of the molecule is C=CCc1ccc2oc([C@H]3c4nc[nH]c4CCN3C(=O)c3ccnn3C(F)F)cc2c1. The van der Waals surface area contributed by atoms with Gasteiger partial charge in [0.2, 0.25) is 0 Å². The Balaban J connectivity index is 1.59. The van der Waals surface area contributed by atoms with Gasteiger partial charge < -0.3 is 14.3 Å². The molecule has 0 saturated heterocycles. The van der Waals surface area contributed by atoms with E-state index < -0.39 is 18.5 Å². The summed E-state index contributed by atoms with van der Waals surface area (Å²) in [6.45, 7) is 1.18. The molecule has 1 amide bonds. The zero-order chi connectivity index (χ0) is 21.5. The van der Waals surface area contributed by atoms with Crippen LogP contribution in [0.5, 0.6) is 0 Å². The molecule has 1 N–H and O–H groups in total. The van der Waals surface area contributed by atoms with Crippen LogP contribution >= 0.6 is 0 Å². The molecule has 1 aromatic carbocycles. The average molecular weight is 423 g/mol. The van der Waals surface area contributed by atoms with Gasteiger partial charge >= 0.3 is 6.55 Å². The molecule has 1 aliphatic rings. The summed E-state index contributed by atoms with van der Waals surface area (Å²) in [5, 5.41) is 4.48. The molecule has 0 saturated carbocycles. The van der Waals surface area contributed by atoms with E-state index in [1.54, 1.807) is 6.33 Å². The van der Waals surface area contributed by atoms with Crippen LogP contribution in [0.2, 0.25) is 0 Å². The molecule has 31 heavy (non-hydrogen) atoms. The van der Waals surface area contributed by atoms with E-state index in [9.17, 15) is 13.6 Å². The number of nitrogens with zero attached hydrogens (tertiary/aromatic N) is 4. The lowest BCUT2D eigenvalue weighted by Gasteiger charge is -2.33. The molecular formula is C22H19F2N5O2. The summed E-state index contributed by atoms with van der Waals surface area (Å²) in [6, 6.07) is 8.38. The van der Waals surface area contributed by atoms with Crippen molar-refractivity contribution in [1.82, 2.24) is 24.6 Å². The first kappa shape index (κ1) is 19.2. The number of carbonyl (C=O) groups excluding carboxylic acids is 1. The molecule has 3 aromatic heterocycles. The fraction of sp³-hybridized carbons (Fsp3) is 0.227. The molecule has 0 aliphatic carbocycles. The summed E-state index contributed by atoms with van der Waals surface area (Å²) >= 11 is 0. The number of fused-ring (bicyclic) bond motifs is 2. The Morgan fingerprint density at radius 1 is 1.35 bits per heavy atom. The van der Waals surface area contributed by atoms with Crippen molar-refractivity contribution in [2.24, 2.45) is 0 Å². The van der Waals surface area contributed by atoms with Gasteiger partial charge in [0.25, 0.3) is 5.91 Å². The summed E-state index contributed by atoms with van der Waals surface area (Å²) in [4.78, 5) is 22.3. The lowest BCUT2D eigenvalue weighted by molar-refractivity contribution is 0.0436. The molecule has 0 spiro atoms. The van der Waals surface area contributed by atoms with E-state index in [1.807, 2.05) is 30.3 Å². The molecular weight excluding hydrogens is 404 g/mol. The fourth-order valence-corrected chi connectivity index (χ4v) is 4.11. The first-order valence-electron chi connectivity index (χ1n) is 9.85. The van der Waals surface area contributed by atoms with Gasteiger partial charge in [-0.1, -0.05) is 12.1 Å². The van der Waals surface area contributed by atoms with Crippen molar-refractivity contribution in [1.29, 1.82) is 0 Å². The lowest BCUT2D eigenvalue weighted by Crippen LogP contribution is -2.41. The van der Waals surface area contributed by atoms with Gasteiger partial charge in [-0.05, 0) is 36.2 Å². The van der Waals surface area contributed by atoms with Crippen molar-refractivity contribution in [2.75, 3.05) is 6.54 Å².